The van der Waals surface area contributed by atoms with E-state index in [1.807, 2.05) is 22.9 Å². The summed E-state index contributed by atoms with van der Waals surface area (Å²) >= 11 is 2.83. The molecule has 0 saturated carbocycles. The number of hydrogen-bond acceptors (Lipinski definition) is 6. The average molecular weight is 367 g/mol. The van der Waals surface area contributed by atoms with E-state index >= 15 is 0 Å². The van der Waals surface area contributed by atoms with Crippen molar-refractivity contribution in [2.45, 2.75) is 13.1 Å². The molecule has 2 rings (SSSR count). The van der Waals surface area contributed by atoms with Crippen LogP contribution in [0.25, 0.3) is 0 Å². The predicted octanol–water partition coefficient (Wildman–Crippen LogP) is 1.39. The van der Waals surface area contributed by atoms with E-state index in [2.05, 4.69) is 0 Å². The first-order chi connectivity index (χ1) is 9.76. The van der Waals surface area contributed by atoms with Crippen LogP contribution in [0.1, 0.15) is 9.75 Å². The van der Waals surface area contributed by atoms with Crippen LogP contribution in [0, 0.1) is 0 Å². The van der Waals surface area contributed by atoms with Crippen LogP contribution in [0.2, 0.25) is 0 Å². The van der Waals surface area contributed by atoms with Gasteiger partial charge in [-0.2, -0.15) is 4.31 Å². The Morgan fingerprint density at radius 2 is 1.43 bits per heavy atom. The largest absolute Gasteiger partial charge is 0.230 e. The van der Waals surface area contributed by atoms with Crippen LogP contribution in [0.4, 0.5) is 0 Å². The van der Waals surface area contributed by atoms with E-state index in [1.165, 1.54) is 22.7 Å². The summed E-state index contributed by atoms with van der Waals surface area (Å²) in [5.41, 5.74) is 0. The molecule has 0 atom stereocenters. The van der Waals surface area contributed by atoms with Gasteiger partial charge >= 0.3 is 0 Å². The Balaban J connectivity index is 2.26. The molecule has 0 spiro atoms. The Kier molecular flexibility index (Phi) is 5.17. The lowest BCUT2D eigenvalue weighted by molar-refractivity contribution is 0.409. The lowest BCUT2D eigenvalue weighted by atomic mass is 10.4. The molecule has 0 saturated heterocycles. The molecule has 0 radical (unpaired) electrons. The summed E-state index contributed by atoms with van der Waals surface area (Å²) in [6, 6.07) is 7.24. The summed E-state index contributed by atoms with van der Waals surface area (Å²) in [6.45, 7) is 0.265. The summed E-state index contributed by atoms with van der Waals surface area (Å²) in [5, 5.41) is 7.47. The maximum Gasteiger partial charge on any atom is 0.230 e. The van der Waals surface area contributed by atoms with Gasteiger partial charge < -0.3 is 0 Å². The third-order valence-corrected chi connectivity index (χ3v) is 7.80. The molecule has 2 N–H and O–H groups in total. The number of primary sulfonamides is 1. The van der Waals surface area contributed by atoms with Crippen LogP contribution in [-0.2, 0) is 33.1 Å². The summed E-state index contributed by atoms with van der Waals surface area (Å²) in [6.07, 6.45) is 0. The molecule has 2 aromatic rings. The number of thiophene rings is 2. The molecule has 10 heteroatoms. The Morgan fingerprint density at radius 3 is 1.76 bits per heavy atom. The van der Waals surface area contributed by atoms with Gasteiger partial charge in [0.15, 0.2) is 5.08 Å². The monoisotopic (exact) mass is 366 g/mol. The van der Waals surface area contributed by atoms with E-state index in [-0.39, 0.29) is 13.1 Å². The number of nitrogens with zero attached hydrogens (tertiary/aromatic N) is 1. The first kappa shape index (κ1) is 16.6. The molecule has 21 heavy (non-hydrogen) atoms. The highest BCUT2D eigenvalue weighted by Gasteiger charge is 2.27. The van der Waals surface area contributed by atoms with Crippen molar-refractivity contribution in [3.05, 3.63) is 44.8 Å². The molecule has 2 heterocycles. The highest BCUT2D eigenvalue weighted by Crippen LogP contribution is 2.20. The summed E-state index contributed by atoms with van der Waals surface area (Å²) < 4.78 is 48.0. The first-order valence-electron chi connectivity index (χ1n) is 5.79. The minimum atomic E-state index is -4.11. The van der Waals surface area contributed by atoms with Gasteiger partial charge in [-0.1, -0.05) is 12.1 Å². The lowest BCUT2D eigenvalue weighted by Gasteiger charge is -2.20. The van der Waals surface area contributed by atoms with Gasteiger partial charge in [0, 0.05) is 22.8 Å². The van der Waals surface area contributed by atoms with Gasteiger partial charge in [0.2, 0.25) is 20.0 Å². The Hall–Kier alpha value is -0.780. The van der Waals surface area contributed by atoms with Crippen molar-refractivity contribution >= 4 is 42.7 Å². The molecule has 116 valence electrons. The first-order valence-corrected chi connectivity index (χ1v) is 10.9. The SMILES string of the molecule is NS(=O)(=O)CS(=O)(=O)N(Cc1cccs1)Cc1cccs1. The van der Waals surface area contributed by atoms with E-state index in [0.29, 0.717) is 0 Å². The van der Waals surface area contributed by atoms with Gasteiger partial charge in [-0.15, -0.1) is 22.7 Å². The summed E-state index contributed by atoms with van der Waals surface area (Å²) in [7, 11) is -8.11. The number of nitrogens with two attached hydrogens (primary N) is 1. The van der Waals surface area contributed by atoms with E-state index in [0.717, 1.165) is 14.1 Å². The Labute approximate surface area is 131 Å². The van der Waals surface area contributed by atoms with E-state index < -0.39 is 25.1 Å². The van der Waals surface area contributed by atoms with Crippen molar-refractivity contribution in [1.82, 2.24) is 4.31 Å². The second-order valence-electron chi connectivity index (χ2n) is 4.32. The van der Waals surface area contributed by atoms with Crippen LogP contribution < -0.4 is 5.14 Å². The number of rotatable bonds is 7. The highest BCUT2D eigenvalue weighted by molar-refractivity contribution is 8.05. The fourth-order valence-electron chi connectivity index (χ4n) is 1.69. The number of hydrogen-bond donors (Lipinski definition) is 1. The molecular formula is C11H14N2O4S4. The molecule has 0 bridgehead atoms. The average Bonchev–Trinajstić information content (AvgIpc) is 2.97. The molecule has 0 fully saturated rings. The predicted molar refractivity (Wildman–Crippen MR) is 84.8 cm³/mol. The zero-order chi connectivity index (χ0) is 15.5. The molecular weight excluding hydrogens is 352 g/mol. The van der Waals surface area contributed by atoms with Crippen molar-refractivity contribution in [2.75, 3.05) is 5.08 Å². The standard InChI is InChI=1S/C11H14N2O4S4/c12-20(14,15)9-21(16,17)13(7-10-3-1-5-18-10)8-11-4-2-6-19-11/h1-6H,7-9H2,(H2,12,14,15). The lowest BCUT2D eigenvalue weighted by Crippen LogP contribution is -2.36. The van der Waals surface area contributed by atoms with Crippen LogP contribution in [0.15, 0.2) is 35.0 Å². The zero-order valence-electron chi connectivity index (χ0n) is 10.9. The summed E-state index contributed by atoms with van der Waals surface area (Å²) in [5.74, 6) is 0. The third kappa shape index (κ3) is 5.16. The second kappa shape index (κ2) is 6.55. The normalized spacial score (nSPS) is 12.9. The number of sulfonamides is 2. The van der Waals surface area contributed by atoms with Gasteiger partial charge in [0.25, 0.3) is 0 Å². The van der Waals surface area contributed by atoms with Crippen molar-refractivity contribution in [3.63, 3.8) is 0 Å². The van der Waals surface area contributed by atoms with Crippen molar-refractivity contribution in [2.24, 2.45) is 5.14 Å². The van der Waals surface area contributed by atoms with Crippen LogP contribution in [0.3, 0.4) is 0 Å². The van der Waals surface area contributed by atoms with Gasteiger partial charge in [-0.3, -0.25) is 0 Å². The molecule has 0 aliphatic rings. The fourth-order valence-corrected chi connectivity index (χ4v) is 6.22. The maximum absolute atomic E-state index is 12.3. The molecule has 0 amide bonds. The molecule has 0 aliphatic carbocycles. The zero-order valence-corrected chi connectivity index (χ0v) is 14.1. The van der Waals surface area contributed by atoms with Crippen LogP contribution in [-0.4, -0.2) is 26.2 Å². The quantitative estimate of drug-likeness (QED) is 0.800. The smallest absolute Gasteiger partial charge is 0.228 e. The van der Waals surface area contributed by atoms with E-state index in [4.69, 9.17) is 5.14 Å². The van der Waals surface area contributed by atoms with Gasteiger partial charge in [0.1, 0.15) is 0 Å². The second-order valence-corrected chi connectivity index (χ2v) is 10.3. The van der Waals surface area contributed by atoms with Gasteiger partial charge in [-0.25, -0.2) is 22.0 Å². The molecule has 2 aromatic heterocycles. The third-order valence-electron chi connectivity index (χ3n) is 2.53. The van der Waals surface area contributed by atoms with Crippen LogP contribution >= 0.6 is 22.7 Å². The van der Waals surface area contributed by atoms with Crippen LogP contribution in [0.5, 0.6) is 0 Å². The highest BCUT2D eigenvalue weighted by atomic mass is 32.3. The van der Waals surface area contributed by atoms with E-state index in [1.54, 1.807) is 12.1 Å². The van der Waals surface area contributed by atoms with E-state index in [9.17, 15) is 16.8 Å². The molecule has 6 nitrogen and oxygen atoms in total. The topological polar surface area (TPSA) is 97.5 Å². The molecule has 0 aromatic carbocycles. The summed E-state index contributed by atoms with van der Waals surface area (Å²) in [4.78, 5) is 1.68. The Morgan fingerprint density at radius 1 is 0.952 bits per heavy atom. The molecule has 0 aliphatic heterocycles. The minimum Gasteiger partial charge on any atom is -0.228 e. The Bertz CT molecular complexity index is 728. The molecule has 0 unspecified atom stereocenters. The van der Waals surface area contributed by atoms with Gasteiger partial charge in [0.05, 0.1) is 0 Å². The minimum absolute atomic E-state index is 0.132. The van der Waals surface area contributed by atoms with Gasteiger partial charge in [-0.05, 0) is 22.9 Å². The van der Waals surface area contributed by atoms with Crippen molar-refractivity contribution in [1.29, 1.82) is 0 Å². The van der Waals surface area contributed by atoms with Crippen molar-refractivity contribution in [3.8, 4) is 0 Å². The van der Waals surface area contributed by atoms with Crippen molar-refractivity contribution < 1.29 is 16.8 Å². The fraction of sp³-hybridized carbons (Fsp3) is 0.273. The maximum atomic E-state index is 12.3.